The summed E-state index contributed by atoms with van der Waals surface area (Å²) in [5, 5.41) is 20.1. The molecule has 1 aromatic rings. The van der Waals surface area contributed by atoms with Crippen LogP contribution >= 0.6 is 0 Å². The van der Waals surface area contributed by atoms with Crippen molar-refractivity contribution >= 4 is 0 Å². The lowest BCUT2D eigenvalue weighted by Gasteiger charge is -2.33. The third kappa shape index (κ3) is 3.67. The van der Waals surface area contributed by atoms with Gasteiger partial charge in [0.25, 0.3) is 0 Å². The van der Waals surface area contributed by atoms with Crippen LogP contribution in [0.25, 0.3) is 0 Å². The van der Waals surface area contributed by atoms with E-state index in [0.29, 0.717) is 6.54 Å². The Hall–Kier alpha value is -1.41. The van der Waals surface area contributed by atoms with Crippen LogP contribution in [0.4, 0.5) is 0 Å². The van der Waals surface area contributed by atoms with Gasteiger partial charge in [-0.15, -0.1) is 0 Å². The molecule has 2 heterocycles. The zero-order valence-corrected chi connectivity index (χ0v) is 13.2. The molecule has 1 aromatic carbocycles. The van der Waals surface area contributed by atoms with Crippen molar-refractivity contribution in [1.29, 1.82) is 5.26 Å². The summed E-state index contributed by atoms with van der Waals surface area (Å²) in [6.45, 7) is 5.42. The molecule has 2 aliphatic heterocycles. The van der Waals surface area contributed by atoms with Crippen molar-refractivity contribution in [1.82, 2.24) is 9.80 Å². The number of rotatable bonds is 4. The number of hydrogen-bond acceptors (Lipinski definition) is 4. The molecule has 118 valence electrons. The van der Waals surface area contributed by atoms with E-state index in [2.05, 4.69) is 15.9 Å². The van der Waals surface area contributed by atoms with Crippen molar-refractivity contribution in [3.8, 4) is 6.07 Å². The first-order valence-electron chi connectivity index (χ1n) is 8.34. The minimum atomic E-state index is -0.584. The van der Waals surface area contributed by atoms with Gasteiger partial charge in [0.15, 0.2) is 0 Å². The van der Waals surface area contributed by atoms with Gasteiger partial charge in [-0.05, 0) is 44.0 Å². The molecule has 2 aliphatic rings. The normalized spacial score (nSPS) is 26.9. The zero-order valence-electron chi connectivity index (χ0n) is 13.2. The van der Waals surface area contributed by atoms with E-state index in [4.69, 9.17) is 0 Å². The highest BCUT2D eigenvalue weighted by molar-refractivity contribution is 5.37. The molecule has 0 aromatic heterocycles. The second kappa shape index (κ2) is 6.78. The number of benzene rings is 1. The van der Waals surface area contributed by atoms with Gasteiger partial charge in [-0.2, -0.15) is 5.26 Å². The summed E-state index contributed by atoms with van der Waals surface area (Å²) in [5.74, 6) is 0. The second-order valence-corrected chi connectivity index (χ2v) is 6.79. The first kappa shape index (κ1) is 15.5. The summed E-state index contributed by atoms with van der Waals surface area (Å²) >= 11 is 0. The van der Waals surface area contributed by atoms with Crippen molar-refractivity contribution in [2.75, 3.05) is 32.7 Å². The van der Waals surface area contributed by atoms with Gasteiger partial charge in [-0.3, -0.25) is 4.90 Å². The predicted molar refractivity (Wildman–Crippen MR) is 86.3 cm³/mol. The minimum Gasteiger partial charge on any atom is -0.387 e. The standard InChI is InChI=1S/C18H25N3O/c19-12-16-6-2-3-7-17(16)13-21-11-8-18(22,15-21)14-20-9-4-1-5-10-20/h2-3,6-7,22H,1,4-5,8-11,13-15H2/t18-/m0/s1. The van der Waals surface area contributed by atoms with Crippen LogP contribution in [-0.4, -0.2) is 53.2 Å². The second-order valence-electron chi connectivity index (χ2n) is 6.79. The molecule has 2 saturated heterocycles. The Morgan fingerprint density at radius 1 is 1.09 bits per heavy atom. The summed E-state index contributed by atoms with van der Waals surface area (Å²) in [6, 6.07) is 10.0. The molecule has 1 atom stereocenters. The number of aliphatic hydroxyl groups is 1. The fourth-order valence-corrected chi connectivity index (χ4v) is 3.75. The smallest absolute Gasteiger partial charge is 0.0995 e. The molecule has 0 bridgehead atoms. The average molecular weight is 299 g/mol. The van der Waals surface area contributed by atoms with Crippen LogP contribution < -0.4 is 0 Å². The van der Waals surface area contributed by atoms with E-state index in [9.17, 15) is 10.4 Å². The molecule has 0 radical (unpaired) electrons. The summed E-state index contributed by atoms with van der Waals surface area (Å²) in [4.78, 5) is 4.69. The van der Waals surface area contributed by atoms with Crippen LogP contribution in [-0.2, 0) is 6.54 Å². The summed E-state index contributed by atoms with van der Waals surface area (Å²) < 4.78 is 0. The van der Waals surface area contributed by atoms with Crippen molar-refractivity contribution in [3.05, 3.63) is 35.4 Å². The third-order valence-electron chi connectivity index (χ3n) is 4.91. The van der Waals surface area contributed by atoms with E-state index in [1.807, 2.05) is 24.3 Å². The van der Waals surface area contributed by atoms with Gasteiger partial charge in [0, 0.05) is 26.2 Å². The molecule has 0 spiro atoms. The highest BCUT2D eigenvalue weighted by atomic mass is 16.3. The predicted octanol–water partition coefficient (Wildman–Crippen LogP) is 1.98. The molecule has 0 amide bonds. The monoisotopic (exact) mass is 299 g/mol. The topological polar surface area (TPSA) is 50.5 Å². The van der Waals surface area contributed by atoms with Crippen molar-refractivity contribution in [2.24, 2.45) is 0 Å². The molecule has 4 nitrogen and oxygen atoms in total. The Balaban J connectivity index is 1.58. The molecule has 0 unspecified atom stereocenters. The number of hydrogen-bond donors (Lipinski definition) is 1. The van der Waals surface area contributed by atoms with Crippen molar-refractivity contribution in [3.63, 3.8) is 0 Å². The van der Waals surface area contributed by atoms with E-state index in [1.165, 1.54) is 19.3 Å². The van der Waals surface area contributed by atoms with Gasteiger partial charge < -0.3 is 10.0 Å². The van der Waals surface area contributed by atoms with Crippen molar-refractivity contribution in [2.45, 2.75) is 37.8 Å². The van der Waals surface area contributed by atoms with Gasteiger partial charge in [0.05, 0.1) is 17.2 Å². The lowest BCUT2D eigenvalue weighted by atomic mass is 10.0. The number of β-amino-alcohol motifs (C(OH)–C–C–N with tert-alkyl or cyclic N) is 1. The average Bonchev–Trinajstić information content (AvgIpc) is 2.89. The molecule has 22 heavy (non-hydrogen) atoms. The van der Waals surface area contributed by atoms with E-state index in [0.717, 1.165) is 50.3 Å². The number of likely N-dealkylation sites (tertiary alicyclic amines) is 2. The number of piperidine rings is 1. The van der Waals surface area contributed by atoms with Crippen LogP contribution in [0, 0.1) is 11.3 Å². The lowest BCUT2D eigenvalue weighted by Crippen LogP contribution is -2.46. The van der Waals surface area contributed by atoms with Gasteiger partial charge in [0.1, 0.15) is 0 Å². The SMILES string of the molecule is N#Cc1ccccc1CN1CC[C@](O)(CN2CCCCC2)C1. The van der Waals surface area contributed by atoms with Crippen LogP contribution in [0.3, 0.4) is 0 Å². The zero-order chi connectivity index (χ0) is 15.4. The summed E-state index contributed by atoms with van der Waals surface area (Å²) in [5.41, 5.74) is 1.22. The van der Waals surface area contributed by atoms with Gasteiger partial charge in [-0.25, -0.2) is 0 Å². The van der Waals surface area contributed by atoms with Crippen LogP contribution in [0.5, 0.6) is 0 Å². The highest BCUT2D eigenvalue weighted by Gasteiger charge is 2.37. The lowest BCUT2D eigenvalue weighted by molar-refractivity contribution is 0.00634. The van der Waals surface area contributed by atoms with Crippen LogP contribution in [0.2, 0.25) is 0 Å². The van der Waals surface area contributed by atoms with Crippen LogP contribution in [0.15, 0.2) is 24.3 Å². The molecule has 1 N–H and O–H groups in total. The minimum absolute atomic E-state index is 0.584. The number of nitrogens with zero attached hydrogens (tertiary/aromatic N) is 3. The van der Waals surface area contributed by atoms with Gasteiger partial charge >= 0.3 is 0 Å². The van der Waals surface area contributed by atoms with E-state index in [-0.39, 0.29) is 0 Å². The molecule has 0 saturated carbocycles. The third-order valence-corrected chi connectivity index (χ3v) is 4.91. The van der Waals surface area contributed by atoms with Crippen molar-refractivity contribution < 1.29 is 5.11 Å². The summed E-state index contributed by atoms with van der Waals surface area (Å²) in [6.07, 6.45) is 4.68. The first-order valence-corrected chi connectivity index (χ1v) is 8.34. The first-order chi connectivity index (χ1) is 10.7. The van der Waals surface area contributed by atoms with E-state index >= 15 is 0 Å². The maximum absolute atomic E-state index is 10.9. The highest BCUT2D eigenvalue weighted by Crippen LogP contribution is 2.26. The Morgan fingerprint density at radius 3 is 2.64 bits per heavy atom. The van der Waals surface area contributed by atoms with Gasteiger partial charge in [-0.1, -0.05) is 24.6 Å². The molecule has 3 rings (SSSR count). The molecular weight excluding hydrogens is 274 g/mol. The molecule has 0 aliphatic carbocycles. The number of nitriles is 1. The molecule has 4 heteroatoms. The van der Waals surface area contributed by atoms with E-state index in [1.54, 1.807) is 0 Å². The maximum Gasteiger partial charge on any atom is 0.0995 e. The fraction of sp³-hybridized carbons (Fsp3) is 0.611. The quantitative estimate of drug-likeness (QED) is 0.923. The Bertz CT molecular complexity index is 548. The van der Waals surface area contributed by atoms with Crippen LogP contribution in [0.1, 0.15) is 36.8 Å². The largest absolute Gasteiger partial charge is 0.387 e. The Morgan fingerprint density at radius 2 is 1.86 bits per heavy atom. The summed E-state index contributed by atoms with van der Waals surface area (Å²) in [7, 11) is 0. The van der Waals surface area contributed by atoms with Gasteiger partial charge in [0.2, 0.25) is 0 Å². The Labute approximate surface area is 133 Å². The maximum atomic E-state index is 10.9. The fourth-order valence-electron chi connectivity index (χ4n) is 3.75. The molecular formula is C18H25N3O. The molecule has 2 fully saturated rings. The van der Waals surface area contributed by atoms with E-state index < -0.39 is 5.60 Å². The Kier molecular flexibility index (Phi) is 4.77.